The van der Waals surface area contributed by atoms with Crippen molar-refractivity contribution in [1.29, 1.82) is 0 Å². The van der Waals surface area contributed by atoms with Crippen molar-refractivity contribution >= 4 is 32.7 Å². The predicted molar refractivity (Wildman–Crippen MR) is 161 cm³/mol. The van der Waals surface area contributed by atoms with Crippen LogP contribution in [0.4, 0.5) is 20.4 Å². The van der Waals surface area contributed by atoms with Gasteiger partial charge in [0, 0.05) is 62.4 Å². The van der Waals surface area contributed by atoms with E-state index in [9.17, 15) is 8.42 Å². The maximum absolute atomic E-state index is 15.9. The molecule has 3 aliphatic rings. The Morgan fingerprint density at radius 3 is 2.42 bits per heavy atom. The van der Waals surface area contributed by atoms with Gasteiger partial charge in [0.2, 0.25) is 16.0 Å². The highest BCUT2D eigenvalue weighted by Gasteiger charge is 2.31. The molecule has 10 nitrogen and oxygen atoms in total. The Hall–Kier alpha value is -3.71. The number of hydrogen-bond donors (Lipinski definition) is 1. The van der Waals surface area contributed by atoms with Gasteiger partial charge in [-0.05, 0) is 62.5 Å². The molecule has 3 fully saturated rings. The van der Waals surface area contributed by atoms with Crippen LogP contribution in [0.15, 0.2) is 43.2 Å². The fourth-order valence-corrected chi connectivity index (χ4v) is 7.50. The van der Waals surface area contributed by atoms with Gasteiger partial charge >= 0.3 is 0 Å². The molecule has 0 amide bonds. The van der Waals surface area contributed by atoms with E-state index in [-0.39, 0.29) is 23.4 Å². The molecule has 4 heterocycles. The minimum absolute atomic E-state index is 0.0734. The largest absolute Gasteiger partial charge is 0.341 e. The number of nitrogens with one attached hydrogen (secondary N) is 1. The van der Waals surface area contributed by atoms with Crippen LogP contribution in [-0.2, 0) is 10.0 Å². The Morgan fingerprint density at radius 2 is 1.72 bits per heavy atom. The van der Waals surface area contributed by atoms with E-state index in [0.717, 1.165) is 56.8 Å². The molecule has 2 aliphatic carbocycles. The number of benzene rings is 1. The Morgan fingerprint density at radius 1 is 1.00 bits per heavy atom. The van der Waals surface area contributed by atoms with E-state index in [1.807, 2.05) is 7.05 Å². The molecule has 0 atom stereocenters. The van der Waals surface area contributed by atoms with E-state index >= 15 is 8.78 Å². The summed E-state index contributed by atoms with van der Waals surface area (Å²) in [6, 6.07) is 2.44. The normalized spacial score (nSPS) is 18.3. The van der Waals surface area contributed by atoms with Gasteiger partial charge < -0.3 is 14.4 Å². The number of likely N-dealkylation sites (tertiary alicyclic amines) is 1. The summed E-state index contributed by atoms with van der Waals surface area (Å²) in [4.78, 5) is 22.4. The predicted octanol–water partition coefficient (Wildman–Crippen LogP) is 4.62. The number of piperidine rings is 1. The lowest BCUT2D eigenvalue weighted by atomic mass is 10.0. The second-order valence-corrected chi connectivity index (χ2v) is 13.9. The van der Waals surface area contributed by atoms with Gasteiger partial charge in [-0.1, -0.05) is 0 Å². The summed E-state index contributed by atoms with van der Waals surface area (Å²) < 4.78 is 60.2. The fraction of sp³-hybridized carbons (Fsp3) is 0.467. The molecule has 1 aliphatic heterocycles. The van der Waals surface area contributed by atoms with Crippen molar-refractivity contribution in [2.45, 2.75) is 44.6 Å². The van der Waals surface area contributed by atoms with Crippen molar-refractivity contribution in [3.63, 3.8) is 0 Å². The number of sulfonamides is 1. The second-order valence-electron chi connectivity index (χ2n) is 12.1. The molecule has 0 spiro atoms. The molecule has 4 aromatic rings. The zero-order valence-corrected chi connectivity index (χ0v) is 24.8. The van der Waals surface area contributed by atoms with Crippen molar-refractivity contribution in [2.24, 2.45) is 11.8 Å². The Balaban J connectivity index is 1.25. The lowest BCUT2D eigenvalue weighted by Gasteiger charge is -2.36. The van der Waals surface area contributed by atoms with Crippen molar-refractivity contribution in [3.05, 3.63) is 54.9 Å². The Kier molecular flexibility index (Phi) is 7.24. The third-order valence-electron chi connectivity index (χ3n) is 8.76. The molecular weight excluding hydrogens is 574 g/mol. The van der Waals surface area contributed by atoms with Gasteiger partial charge in [0.05, 0.1) is 23.2 Å². The highest BCUT2D eigenvalue weighted by molar-refractivity contribution is 7.92. The summed E-state index contributed by atoms with van der Waals surface area (Å²) in [7, 11) is -1.80. The number of hydrogen-bond acceptors (Lipinski definition) is 8. The molecule has 2 saturated carbocycles. The van der Waals surface area contributed by atoms with Gasteiger partial charge in [0.15, 0.2) is 5.82 Å². The van der Waals surface area contributed by atoms with Crippen LogP contribution in [-0.4, -0.2) is 76.3 Å². The van der Waals surface area contributed by atoms with E-state index in [4.69, 9.17) is 4.98 Å². The van der Waals surface area contributed by atoms with Crippen molar-refractivity contribution < 1.29 is 17.2 Å². The van der Waals surface area contributed by atoms with Gasteiger partial charge in [-0.2, -0.15) is 0 Å². The van der Waals surface area contributed by atoms with Crippen LogP contribution in [0.5, 0.6) is 0 Å². The van der Waals surface area contributed by atoms with Crippen LogP contribution in [0.3, 0.4) is 0 Å². The van der Waals surface area contributed by atoms with E-state index < -0.39 is 27.3 Å². The van der Waals surface area contributed by atoms with Crippen LogP contribution >= 0.6 is 0 Å². The van der Waals surface area contributed by atoms with Crippen LogP contribution in [0, 0.1) is 23.5 Å². The highest BCUT2D eigenvalue weighted by Crippen LogP contribution is 2.36. The first-order valence-corrected chi connectivity index (χ1v) is 16.5. The highest BCUT2D eigenvalue weighted by atomic mass is 32.2. The molecule has 0 radical (unpaired) electrons. The molecule has 7 rings (SSSR count). The van der Waals surface area contributed by atoms with Gasteiger partial charge in [-0.3, -0.25) is 4.72 Å². The third-order valence-corrected chi connectivity index (χ3v) is 10.2. The summed E-state index contributed by atoms with van der Waals surface area (Å²) in [5.74, 6) is -0.507. The van der Waals surface area contributed by atoms with Gasteiger partial charge in [0.1, 0.15) is 23.3 Å². The van der Waals surface area contributed by atoms with E-state index in [2.05, 4.69) is 29.5 Å². The van der Waals surface area contributed by atoms with E-state index in [0.29, 0.717) is 28.1 Å². The summed E-state index contributed by atoms with van der Waals surface area (Å²) in [5.41, 5.74) is 1.31. The number of rotatable bonds is 10. The van der Waals surface area contributed by atoms with Gasteiger partial charge in [0.25, 0.3) is 0 Å². The van der Waals surface area contributed by atoms with E-state index in [1.165, 1.54) is 30.3 Å². The van der Waals surface area contributed by atoms with Crippen molar-refractivity contribution in [3.8, 4) is 16.8 Å². The summed E-state index contributed by atoms with van der Waals surface area (Å²) in [6.07, 6.45) is 14.1. The number of nitrogens with zero attached hydrogens (tertiary/aromatic N) is 7. The molecule has 1 N–H and O–H groups in total. The average Bonchev–Trinajstić information content (AvgIpc) is 3.95. The van der Waals surface area contributed by atoms with Crippen molar-refractivity contribution in [2.75, 3.05) is 42.1 Å². The minimum atomic E-state index is -3.79. The summed E-state index contributed by atoms with van der Waals surface area (Å²) in [6.45, 7) is 3.26. The van der Waals surface area contributed by atoms with Crippen LogP contribution in [0.25, 0.3) is 27.8 Å². The summed E-state index contributed by atoms with van der Waals surface area (Å²) in [5, 5.41) is 0. The maximum atomic E-state index is 15.9. The first-order valence-electron chi connectivity index (χ1n) is 14.8. The number of anilines is 2. The SMILES string of the molecule is CN(c1ncc2c(n1)c(-c1cncnc1)cn2-c1c(F)ccc(NS(=O)(=O)CC2CC2)c1F)C1CCN(CC2CC2)CC1. The molecule has 3 aromatic heterocycles. The smallest absolute Gasteiger partial charge is 0.233 e. The average molecular weight is 609 g/mol. The third kappa shape index (κ3) is 5.92. The topological polar surface area (TPSA) is 109 Å². The Labute approximate surface area is 249 Å². The maximum Gasteiger partial charge on any atom is 0.233 e. The molecular formula is C30H34F2N8O2S. The number of fused-ring (bicyclic) bond motifs is 1. The first-order chi connectivity index (χ1) is 20.8. The standard InChI is InChI=1S/C30H34F2N8O2S/c1-38(22-8-10-39(11-9-22)15-19-2-3-19)30-35-14-26-28(36-30)23(21-12-33-18-34-13-21)16-40(26)29-24(31)6-7-25(27(29)32)37-43(41,42)17-20-4-5-20/h6-7,12-14,16,18-20,22,37H,2-5,8-11,15,17H2,1H3. The van der Waals surface area contributed by atoms with Crippen LogP contribution < -0.4 is 9.62 Å². The zero-order chi connectivity index (χ0) is 29.7. The Bertz CT molecular complexity index is 1750. The van der Waals surface area contributed by atoms with Crippen LogP contribution in [0.1, 0.15) is 38.5 Å². The molecule has 0 unspecified atom stereocenters. The van der Waals surface area contributed by atoms with Gasteiger partial charge in [-0.15, -0.1) is 0 Å². The first kappa shape index (κ1) is 28.1. The second kappa shape index (κ2) is 11.1. The van der Waals surface area contributed by atoms with E-state index in [1.54, 1.807) is 24.8 Å². The van der Waals surface area contributed by atoms with Gasteiger partial charge in [-0.25, -0.2) is 37.1 Å². The molecule has 1 aromatic carbocycles. The molecule has 0 bridgehead atoms. The fourth-order valence-electron chi connectivity index (χ4n) is 5.97. The summed E-state index contributed by atoms with van der Waals surface area (Å²) >= 11 is 0. The molecule has 13 heteroatoms. The zero-order valence-electron chi connectivity index (χ0n) is 24.0. The molecule has 43 heavy (non-hydrogen) atoms. The minimum Gasteiger partial charge on any atom is -0.341 e. The quantitative estimate of drug-likeness (QED) is 0.278. The molecule has 1 saturated heterocycles. The monoisotopic (exact) mass is 608 g/mol. The van der Waals surface area contributed by atoms with Crippen LogP contribution in [0.2, 0.25) is 0 Å². The lowest BCUT2D eigenvalue weighted by molar-refractivity contribution is 0.203. The molecule has 226 valence electrons. The lowest BCUT2D eigenvalue weighted by Crippen LogP contribution is -2.44. The van der Waals surface area contributed by atoms with Crippen molar-refractivity contribution in [1.82, 2.24) is 29.4 Å². The number of halogens is 2. The number of aromatic nitrogens is 5.